The monoisotopic (exact) mass is 540 g/mol. The lowest BCUT2D eigenvalue weighted by atomic mass is 9.90. The van der Waals surface area contributed by atoms with E-state index in [4.69, 9.17) is 9.57 Å². The van der Waals surface area contributed by atoms with E-state index in [1.807, 2.05) is 72.8 Å². The van der Waals surface area contributed by atoms with Gasteiger partial charge in [0.2, 0.25) is 0 Å². The molecule has 3 aromatic carbocycles. The Kier molecular flexibility index (Phi) is 7.37. The number of hydroxylamine groups is 2. The number of likely N-dealkylation sites (tertiary alicyclic amines) is 1. The summed E-state index contributed by atoms with van der Waals surface area (Å²) in [4.78, 5) is 49.6. The van der Waals surface area contributed by atoms with Crippen molar-refractivity contribution in [3.63, 3.8) is 0 Å². The van der Waals surface area contributed by atoms with Crippen molar-refractivity contribution < 1.29 is 24.0 Å². The molecular weight excluding hydrogens is 508 g/mol. The first-order valence-corrected chi connectivity index (χ1v) is 13.8. The van der Waals surface area contributed by atoms with E-state index >= 15 is 0 Å². The average Bonchev–Trinajstić information content (AvgIpc) is 3.23. The number of carbonyl (C=O) groups excluding carboxylic acids is 3. The zero-order chi connectivity index (χ0) is 27.5. The van der Waals surface area contributed by atoms with Crippen molar-refractivity contribution in [1.29, 1.82) is 0 Å². The molecule has 0 bridgehead atoms. The van der Waals surface area contributed by atoms with Gasteiger partial charge in [0, 0.05) is 39.3 Å². The zero-order valence-electron chi connectivity index (χ0n) is 22.2. The Bertz CT molecular complexity index is 1340. The smallest absolute Gasteiger partial charge is 0.434 e. The van der Waals surface area contributed by atoms with E-state index in [2.05, 4.69) is 17.0 Å². The first kappa shape index (κ1) is 25.9. The molecule has 206 valence electrons. The highest BCUT2D eigenvalue weighted by Gasteiger charge is 2.50. The minimum atomic E-state index is -0.668. The highest BCUT2D eigenvalue weighted by Crippen LogP contribution is 2.29. The minimum Gasteiger partial charge on any atom is -0.457 e. The number of ether oxygens (including phenoxy) is 1. The lowest BCUT2D eigenvalue weighted by Crippen LogP contribution is -2.52. The van der Waals surface area contributed by atoms with Gasteiger partial charge in [0.1, 0.15) is 17.5 Å². The first-order chi connectivity index (χ1) is 19.5. The molecule has 3 fully saturated rings. The van der Waals surface area contributed by atoms with Gasteiger partial charge in [-0.1, -0.05) is 65.7 Å². The first-order valence-electron chi connectivity index (χ1n) is 13.8. The molecule has 3 saturated heterocycles. The second-order valence-electron chi connectivity index (χ2n) is 10.4. The molecule has 6 rings (SSSR count). The average molecular weight is 541 g/mol. The van der Waals surface area contributed by atoms with E-state index < -0.39 is 24.1 Å². The summed E-state index contributed by atoms with van der Waals surface area (Å²) in [5, 5.41) is 0.662. The number of urea groups is 1. The number of imide groups is 1. The van der Waals surface area contributed by atoms with Gasteiger partial charge in [-0.05, 0) is 54.2 Å². The van der Waals surface area contributed by atoms with Gasteiger partial charge in [0.25, 0.3) is 5.91 Å². The topological polar surface area (TPSA) is 82.6 Å². The molecule has 0 spiro atoms. The van der Waals surface area contributed by atoms with Crippen LogP contribution in [0.4, 0.5) is 9.59 Å². The molecule has 9 heteroatoms. The largest absolute Gasteiger partial charge is 0.457 e. The van der Waals surface area contributed by atoms with Crippen molar-refractivity contribution in [2.24, 2.45) is 0 Å². The summed E-state index contributed by atoms with van der Waals surface area (Å²) in [7, 11) is 0. The number of piperidine rings is 1. The number of hydrogen-bond acceptors (Lipinski definition) is 6. The highest BCUT2D eigenvalue weighted by atomic mass is 16.7. The highest BCUT2D eigenvalue weighted by molar-refractivity contribution is 6.04. The number of benzene rings is 3. The van der Waals surface area contributed by atoms with E-state index in [0.717, 1.165) is 29.9 Å². The van der Waals surface area contributed by atoms with E-state index in [9.17, 15) is 14.4 Å². The molecule has 9 nitrogen and oxygen atoms in total. The summed E-state index contributed by atoms with van der Waals surface area (Å²) < 4.78 is 5.87. The Hall–Kier alpha value is -4.37. The third-order valence-electron chi connectivity index (χ3n) is 7.87. The number of nitrogens with zero attached hydrogens (tertiary/aromatic N) is 4. The van der Waals surface area contributed by atoms with Crippen molar-refractivity contribution in [1.82, 2.24) is 19.8 Å². The molecule has 3 heterocycles. The molecule has 1 atom stereocenters. The van der Waals surface area contributed by atoms with Crippen molar-refractivity contribution in [2.45, 2.75) is 31.3 Å². The lowest BCUT2D eigenvalue weighted by molar-refractivity contribution is -0.152. The van der Waals surface area contributed by atoms with Crippen LogP contribution in [-0.4, -0.2) is 76.6 Å². The molecule has 3 aliphatic rings. The normalized spacial score (nSPS) is 20.0. The summed E-state index contributed by atoms with van der Waals surface area (Å²) in [6, 6.07) is 26.5. The van der Waals surface area contributed by atoms with Crippen LogP contribution in [0.2, 0.25) is 0 Å². The predicted octanol–water partition coefficient (Wildman–Crippen LogP) is 4.86. The van der Waals surface area contributed by atoms with Crippen molar-refractivity contribution in [3.8, 4) is 11.5 Å². The Morgan fingerprint density at radius 2 is 1.43 bits per heavy atom. The van der Waals surface area contributed by atoms with Gasteiger partial charge in [-0.15, -0.1) is 0 Å². The molecular formula is C31H32N4O5. The van der Waals surface area contributed by atoms with Crippen molar-refractivity contribution in [3.05, 3.63) is 96.1 Å². The summed E-state index contributed by atoms with van der Waals surface area (Å²) in [5.74, 6) is 1.41. The standard InChI is InChI=1S/C31H32N4O5/c36-29-28-22-32(21-23-11-13-27(14-12-23)39-26-9-5-2-6-10-26)19-20-34(28)30(37)35(29)40-31(38)33-17-15-25(16-18-33)24-7-3-1-4-8-24/h1-14,25,28H,15-22H2. The second kappa shape index (κ2) is 11.4. The van der Waals surface area contributed by atoms with Gasteiger partial charge in [-0.25, -0.2) is 9.59 Å². The van der Waals surface area contributed by atoms with E-state index in [0.29, 0.717) is 50.2 Å². The number of carbonyl (C=O) groups is 3. The number of para-hydroxylation sites is 1. The summed E-state index contributed by atoms with van der Waals surface area (Å²) in [6.45, 7) is 3.06. The van der Waals surface area contributed by atoms with Crippen LogP contribution >= 0.6 is 0 Å². The van der Waals surface area contributed by atoms with Crippen LogP contribution in [0.25, 0.3) is 0 Å². The molecule has 0 N–H and O–H groups in total. The van der Waals surface area contributed by atoms with Crippen molar-refractivity contribution in [2.75, 3.05) is 32.7 Å². The van der Waals surface area contributed by atoms with E-state index in [1.54, 1.807) is 4.90 Å². The Morgan fingerprint density at radius 3 is 2.12 bits per heavy atom. The van der Waals surface area contributed by atoms with Gasteiger partial charge < -0.3 is 19.4 Å². The van der Waals surface area contributed by atoms with Gasteiger partial charge >= 0.3 is 12.1 Å². The summed E-state index contributed by atoms with van der Waals surface area (Å²) >= 11 is 0. The van der Waals surface area contributed by atoms with Gasteiger partial charge in [0.05, 0.1) is 0 Å². The van der Waals surface area contributed by atoms with Gasteiger partial charge in [-0.3, -0.25) is 9.69 Å². The number of amides is 4. The van der Waals surface area contributed by atoms with Crippen LogP contribution in [0.3, 0.4) is 0 Å². The fraction of sp³-hybridized carbons (Fsp3) is 0.323. The van der Waals surface area contributed by atoms with Crippen LogP contribution in [-0.2, 0) is 16.2 Å². The van der Waals surface area contributed by atoms with Crippen LogP contribution in [0, 0.1) is 0 Å². The molecule has 0 saturated carbocycles. The Labute approximate surface area is 233 Å². The maximum atomic E-state index is 13.1. The maximum Gasteiger partial charge on any atom is 0.434 e. The molecule has 40 heavy (non-hydrogen) atoms. The second-order valence-corrected chi connectivity index (χ2v) is 10.4. The summed E-state index contributed by atoms with van der Waals surface area (Å²) in [6.07, 6.45) is 0.969. The quantitative estimate of drug-likeness (QED) is 0.416. The molecule has 3 aliphatic heterocycles. The maximum absolute atomic E-state index is 13.1. The lowest BCUT2D eigenvalue weighted by Gasteiger charge is -2.35. The number of fused-ring (bicyclic) bond motifs is 1. The fourth-order valence-corrected chi connectivity index (χ4v) is 5.66. The third-order valence-corrected chi connectivity index (χ3v) is 7.87. The number of piperazine rings is 1. The van der Waals surface area contributed by atoms with Crippen LogP contribution in [0.5, 0.6) is 11.5 Å². The predicted molar refractivity (Wildman–Crippen MR) is 147 cm³/mol. The van der Waals surface area contributed by atoms with Gasteiger partial charge in [0.15, 0.2) is 0 Å². The third kappa shape index (κ3) is 5.51. The molecule has 0 radical (unpaired) electrons. The van der Waals surface area contributed by atoms with Crippen LogP contribution < -0.4 is 4.74 Å². The zero-order valence-corrected chi connectivity index (χ0v) is 22.2. The SMILES string of the molecule is O=C(ON1C(=O)C2CN(Cc3ccc(Oc4ccccc4)cc3)CCN2C1=O)N1CCC(c2ccccc2)CC1. The van der Waals surface area contributed by atoms with E-state index in [1.165, 1.54) is 10.5 Å². The minimum absolute atomic E-state index is 0.378. The van der Waals surface area contributed by atoms with Gasteiger partial charge in [-0.2, -0.15) is 0 Å². The number of rotatable bonds is 6. The fourth-order valence-electron chi connectivity index (χ4n) is 5.66. The molecule has 4 amide bonds. The number of hydrogen-bond donors (Lipinski definition) is 0. The van der Waals surface area contributed by atoms with Crippen LogP contribution in [0.1, 0.15) is 29.9 Å². The molecule has 0 aliphatic carbocycles. The van der Waals surface area contributed by atoms with E-state index in [-0.39, 0.29) is 0 Å². The summed E-state index contributed by atoms with van der Waals surface area (Å²) in [5.41, 5.74) is 2.34. The van der Waals surface area contributed by atoms with Crippen LogP contribution in [0.15, 0.2) is 84.9 Å². The van der Waals surface area contributed by atoms with Crippen molar-refractivity contribution >= 4 is 18.0 Å². The Balaban J connectivity index is 1.01. The molecule has 0 aromatic heterocycles. The molecule has 1 unspecified atom stereocenters. The Morgan fingerprint density at radius 1 is 0.775 bits per heavy atom. The molecule has 3 aromatic rings.